The first-order valence-electron chi connectivity index (χ1n) is 4.64. The number of allylic oxidation sites excluding steroid dienone is 1. The van der Waals surface area contributed by atoms with E-state index in [0.29, 0.717) is 0 Å². The predicted molar refractivity (Wildman–Crippen MR) is 54.9 cm³/mol. The zero-order valence-corrected chi connectivity index (χ0v) is 8.17. The molecule has 0 aliphatic carbocycles. The van der Waals surface area contributed by atoms with Crippen molar-refractivity contribution in [3.8, 4) is 0 Å². The van der Waals surface area contributed by atoms with E-state index in [4.69, 9.17) is 0 Å². The largest absolute Gasteiger partial charge is 0.300 e. The van der Waals surface area contributed by atoms with Gasteiger partial charge in [-0.15, -0.1) is 5.73 Å². The fourth-order valence-electron chi connectivity index (χ4n) is 1.66. The Hall–Kier alpha value is -1.11. The predicted octanol–water partition coefficient (Wildman–Crippen LogP) is 1.76. The normalized spacial score (nSPS) is 22.8. The molecule has 0 N–H and O–H groups in total. The molecule has 0 saturated heterocycles. The molecule has 2 aliphatic heterocycles. The van der Waals surface area contributed by atoms with Crippen LogP contribution in [0.3, 0.4) is 0 Å². The molecule has 0 atom stereocenters. The third kappa shape index (κ3) is 1.80. The van der Waals surface area contributed by atoms with Crippen LogP contribution < -0.4 is 0 Å². The van der Waals surface area contributed by atoms with E-state index in [1.165, 1.54) is 11.3 Å². The minimum absolute atomic E-state index is 0.971. The first-order valence-corrected chi connectivity index (χ1v) is 4.64. The van der Waals surface area contributed by atoms with Crippen molar-refractivity contribution in [2.75, 3.05) is 20.1 Å². The van der Waals surface area contributed by atoms with Crippen molar-refractivity contribution in [1.29, 1.82) is 0 Å². The molecule has 0 unspecified atom stereocenters. The highest BCUT2D eigenvalue weighted by Crippen LogP contribution is 2.20. The highest BCUT2D eigenvalue weighted by atomic mass is 15.1. The highest BCUT2D eigenvalue weighted by Gasteiger charge is 2.14. The lowest BCUT2D eigenvalue weighted by Crippen LogP contribution is -2.27. The van der Waals surface area contributed by atoms with Crippen LogP contribution in [0.25, 0.3) is 0 Å². The molecule has 2 heteroatoms. The molecule has 0 aromatic heterocycles. The van der Waals surface area contributed by atoms with E-state index in [2.05, 4.69) is 28.7 Å². The number of likely N-dealkylation sites (N-methyl/N-ethyl adjacent to an activating group) is 1. The van der Waals surface area contributed by atoms with E-state index >= 15 is 0 Å². The Morgan fingerprint density at radius 1 is 1.46 bits per heavy atom. The van der Waals surface area contributed by atoms with Crippen LogP contribution in [0.1, 0.15) is 13.3 Å². The van der Waals surface area contributed by atoms with Gasteiger partial charge in [-0.05, 0) is 32.0 Å². The van der Waals surface area contributed by atoms with Crippen LogP contribution in [0, 0.1) is 0 Å². The van der Waals surface area contributed by atoms with E-state index < -0.39 is 0 Å². The Balaban J connectivity index is 2.37. The van der Waals surface area contributed by atoms with Gasteiger partial charge in [0.15, 0.2) is 0 Å². The lowest BCUT2D eigenvalue weighted by atomic mass is 10.1. The molecule has 68 valence electrons. The van der Waals surface area contributed by atoms with Gasteiger partial charge >= 0.3 is 0 Å². The summed E-state index contributed by atoms with van der Waals surface area (Å²) in [6.07, 6.45) is 5.12. The fraction of sp³-hybridized carbons (Fsp3) is 0.455. The maximum Gasteiger partial charge on any atom is 0.0585 e. The summed E-state index contributed by atoms with van der Waals surface area (Å²) >= 11 is 0. The Bertz CT molecular complexity index is 341. The van der Waals surface area contributed by atoms with Crippen molar-refractivity contribution < 1.29 is 0 Å². The van der Waals surface area contributed by atoms with Crippen molar-refractivity contribution in [3.05, 3.63) is 29.2 Å². The van der Waals surface area contributed by atoms with Gasteiger partial charge < -0.3 is 4.90 Å². The van der Waals surface area contributed by atoms with Gasteiger partial charge in [-0.2, -0.15) is 0 Å². The van der Waals surface area contributed by atoms with E-state index in [1.807, 2.05) is 13.0 Å². The van der Waals surface area contributed by atoms with Crippen LogP contribution in [0.4, 0.5) is 0 Å². The van der Waals surface area contributed by atoms with Gasteiger partial charge in [-0.3, -0.25) is 4.99 Å². The zero-order valence-electron chi connectivity index (χ0n) is 8.17. The Morgan fingerprint density at radius 3 is 3.15 bits per heavy atom. The number of hydrogen-bond donors (Lipinski definition) is 0. The van der Waals surface area contributed by atoms with E-state index in [9.17, 15) is 0 Å². The van der Waals surface area contributed by atoms with Crippen molar-refractivity contribution in [1.82, 2.24) is 4.90 Å². The van der Waals surface area contributed by atoms with E-state index in [0.717, 1.165) is 25.2 Å². The molecule has 2 nitrogen and oxygen atoms in total. The zero-order chi connectivity index (χ0) is 9.26. The molecule has 0 amide bonds. The van der Waals surface area contributed by atoms with Gasteiger partial charge in [0.05, 0.1) is 5.70 Å². The highest BCUT2D eigenvalue weighted by molar-refractivity contribution is 5.93. The number of hydrogen-bond acceptors (Lipinski definition) is 2. The van der Waals surface area contributed by atoms with Crippen molar-refractivity contribution in [2.24, 2.45) is 4.99 Å². The summed E-state index contributed by atoms with van der Waals surface area (Å²) in [5, 5.41) is 0. The third-order valence-electron chi connectivity index (χ3n) is 2.41. The maximum atomic E-state index is 4.55. The summed E-state index contributed by atoms with van der Waals surface area (Å²) in [5.41, 5.74) is 6.77. The molecule has 0 bridgehead atoms. The second-order valence-corrected chi connectivity index (χ2v) is 3.67. The minimum Gasteiger partial charge on any atom is -0.300 e. The second-order valence-electron chi connectivity index (χ2n) is 3.67. The number of aliphatic imine (C=N–C) groups is 1. The molecule has 0 fully saturated rings. The first kappa shape index (κ1) is 8.49. The number of rotatable bonds is 0. The SMILES string of the molecule is CC1=NC2=C(C=C=C1)CCN(C)C2. The molecule has 0 aromatic carbocycles. The summed E-state index contributed by atoms with van der Waals surface area (Å²) in [5.74, 6) is 0. The monoisotopic (exact) mass is 174 g/mol. The molecule has 2 aliphatic rings. The molecule has 2 rings (SSSR count). The quantitative estimate of drug-likeness (QED) is 0.511. The Morgan fingerprint density at radius 2 is 2.31 bits per heavy atom. The lowest BCUT2D eigenvalue weighted by Gasteiger charge is -2.23. The maximum absolute atomic E-state index is 4.55. The van der Waals surface area contributed by atoms with Crippen LogP contribution in [-0.4, -0.2) is 30.7 Å². The standard InChI is InChI=1S/C11H14N2/c1-9-4-3-5-10-6-7-13(2)8-11(10)12-9/h4-5H,6-8H2,1-2H3. The van der Waals surface area contributed by atoms with Crippen LogP contribution >= 0.6 is 0 Å². The van der Waals surface area contributed by atoms with Crippen LogP contribution in [-0.2, 0) is 0 Å². The molecule has 0 spiro atoms. The van der Waals surface area contributed by atoms with Gasteiger partial charge in [0.2, 0.25) is 0 Å². The summed E-state index contributed by atoms with van der Waals surface area (Å²) < 4.78 is 0. The van der Waals surface area contributed by atoms with E-state index in [1.54, 1.807) is 0 Å². The molecular weight excluding hydrogens is 160 g/mol. The summed E-state index contributed by atoms with van der Waals surface area (Å²) in [6, 6.07) is 0. The molecule has 0 aromatic rings. The average molecular weight is 174 g/mol. The summed E-state index contributed by atoms with van der Waals surface area (Å²) in [4.78, 5) is 6.85. The van der Waals surface area contributed by atoms with Crippen LogP contribution in [0.15, 0.2) is 34.1 Å². The van der Waals surface area contributed by atoms with Gasteiger partial charge in [0.1, 0.15) is 0 Å². The first-order chi connectivity index (χ1) is 6.25. The van der Waals surface area contributed by atoms with Crippen LogP contribution in [0.2, 0.25) is 0 Å². The van der Waals surface area contributed by atoms with Gasteiger partial charge in [0.25, 0.3) is 0 Å². The average Bonchev–Trinajstić information content (AvgIpc) is 2.25. The molecule has 0 radical (unpaired) electrons. The molecule has 2 heterocycles. The topological polar surface area (TPSA) is 15.6 Å². The van der Waals surface area contributed by atoms with Crippen molar-refractivity contribution in [3.63, 3.8) is 0 Å². The van der Waals surface area contributed by atoms with Crippen LogP contribution in [0.5, 0.6) is 0 Å². The van der Waals surface area contributed by atoms with Gasteiger partial charge in [-0.1, -0.05) is 0 Å². The minimum atomic E-state index is 0.971. The van der Waals surface area contributed by atoms with Gasteiger partial charge in [0, 0.05) is 24.9 Å². The lowest BCUT2D eigenvalue weighted by molar-refractivity contribution is 0.349. The molecular formula is C11H14N2. The van der Waals surface area contributed by atoms with Crippen molar-refractivity contribution >= 4 is 5.71 Å². The second kappa shape index (κ2) is 3.33. The smallest absolute Gasteiger partial charge is 0.0585 e. The van der Waals surface area contributed by atoms with E-state index in [-0.39, 0.29) is 0 Å². The molecule has 13 heavy (non-hydrogen) atoms. The fourth-order valence-corrected chi connectivity index (χ4v) is 1.66. The molecule has 0 saturated carbocycles. The Labute approximate surface area is 79.0 Å². The third-order valence-corrected chi connectivity index (χ3v) is 2.41. The number of nitrogens with zero attached hydrogens (tertiary/aromatic N) is 2. The van der Waals surface area contributed by atoms with Gasteiger partial charge in [-0.25, -0.2) is 0 Å². The Kier molecular flexibility index (Phi) is 2.17. The summed E-state index contributed by atoms with van der Waals surface area (Å²) in [6.45, 7) is 4.12. The summed E-state index contributed by atoms with van der Waals surface area (Å²) in [7, 11) is 2.14. The van der Waals surface area contributed by atoms with Crippen molar-refractivity contribution in [2.45, 2.75) is 13.3 Å².